The van der Waals surface area contributed by atoms with E-state index in [4.69, 9.17) is 27.4 Å². The zero-order valence-corrected chi connectivity index (χ0v) is 18.3. The molecular weight excluding hydrogens is 386 g/mol. The molecule has 1 heterocycles. The van der Waals surface area contributed by atoms with Crippen LogP contribution in [0.2, 0.25) is 0 Å². The third-order valence-corrected chi connectivity index (χ3v) is 4.19. The van der Waals surface area contributed by atoms with Gasteiger partial charge in [-0.15, -0.1) is 11.3 Å². The topological polar surface area (TPSA) is 103 Å². The maximum atomic E-state index is 12.6. The third kappa shape index (κ3) is 10.1. The molecule has 4 N–H and O–H groups in total. The molecule has 1 aromatic rings. The fourth-order valence-electron chi connectivity index (χ4n) is 2.02. The summed E-state index contributed by atoms with van der Waals surface area (Å²) in [5.41, 5.74) is 4.11. The quantitative estimate of drug-likeness (QED) is 0.485. The number of alkyl carbamates (subject to hydrolysis) is 1. The molecule has 0 bridgehead atoms. The van der Waals surface area contributed by atoms with E-state index in [0.29, 0.717) is 13.0 Å². The fourth-order valence-corrected chi connectivity index (χ4v) is 3.09. The monoisotopic (exact) mass is 415 g/mol. The molecule has 1 aromatic heterocycles. The molecule has 0 aliphatic rings. The van der Waals surface area contributed by atoms with E-state index in [1.807, 2.05) is 12.1 Å². The summed E-state index contributed by atoms with van der Waals surface area (Å²) >= 11 is 6.30. The molecule has 27 heavy (non-hydrogen) atoms. The molecule has 0 saturated carbocycles. The average Bonchev–Trinajstić information content (AvgIpc) is 2.88. The van der Waals surface area contributed by atoms with Crippen LogP contribution >= 0.6 is 23.6 Å². The summed E-state index contributed by atoms with van der Waals surface area (Å²) < 4.78 is 10.7. The van der Waals surface area contributed by atoms with Crippen molar-refractivity contribution < 1.29 is 19.1 Å². The SMILES string of the molecule is CC(C)(C)OC(=O)NC(Cc1ccc(CNC(N)=S)s1)C(=O)OC(C)(C)C. The van der Waals surface area contributed by atoms with Gasteiger partial charge in [0.2, 0.25) is 0 Å². The Balaban J connectivity index is 2.86. The Morgan fingerprint density at radius 2 is 1.67 bits per heavy atom. The molecule has 0 radical (unpaired) electrons. The molecule has 152 valence electrons. The number of ether oxygens (including phenoxy) is 2. The predicted molar refractivity (Wildman–Crippen MR) is 111 cm³/mol. The second-order valence-corrected chi connectivity index (χ2v) is 9.71. The van der Waals surface area contributed by atoms with Crippen molar-refractivity contribution in [2.24, 2.45) is 5.73 Å². The summed E-state index contributed by atoms with van der Waals surface area (Å²) in [6, 6.07) is 2.97. The zero-order valence-electron chi connectivity index (χ0n) is 16.7. The second kappa shape index (κ2) is 9.36. The van der Waals surface area contributed by atoms with Crippen LogP contribution in [-0.4, -0.2) is 34.4 Å². The van der Waals surface area contributed by atoms with E-state index in [2.05, 4.69) is 10.6 Å². The summed E-state index contributed by atoms with van der Waals surface area (Å²) in [6.45, 7) is 11.1. The highest BCUT2D eigenvalue weighted by Gasteiger charge is 2.29. The van der Waals surface area contributed by atoms with Crippen molar-refractivity contribution in [2.75, 3.05) is 0 Å². The highest BCUT2D eigenvalue weighted by Crippen LogP contribution is 2.20. The van der Waals surface area contributed by atoms with Crippen LogP contribution in [0, 0.1) is 0 Å². The number of rotatable bonds is 6. The van der Waals surface area contributed by atoms with Crippen molar-refractivity contribution in [3.05, 3.63) is 21.9 Å². The van der Waals surface area contributed by atoms with E-state index in [-0.39, 0.29) is 5.11 Å². The molecule has 0 spiro atoms. The first-order valence-corrected chi connectivity index (χ1v) is 9.81. The van der Waals surface area contributed by atoms with E-state index in [1.54, 1.807) is 41.5 Å². The molecule has 0 aliphatic carbocycles. The lowest BCUT2D eigenvalue weighted by molar-refractivity contribution is -0.157. The fraction of sp³-hybridized carbons (Fsp3) is 0.611. The first-order valence-electron chi connectivity index (χ1n) is 8.58. The molecule has 0 aromatic carbocycles. The third-order valence-electron chi connectivity index (χ3n) is 2.94. The van der Waals surface area contributed by atoms with Crippen molar-refractivity contribution in [3.63, 3.8) is 0 Å². The number of hydrogen-bond acceptors (Lipinski definition) is 6. The molecular formula is C18H29N3O4S2. The summed E-state index contributed by atoms with van der Waals surface area (Å²) in [5, 5.41) is 5.72. The summed E-state index contributed by atoms with van der Waals surface area (Å²) in [7, 11) is 0. The lowest BCUT2D eigenvalue weighted by Gasteiger charge is -2.26. The lowest BCUT2D eigenvalue weighted by Crippen LogP contribution is -2.47. The molecule has 1 amide bonds. The number of carbonyl (C=O) groups is 2. The average molecular weight is 416 g/mol. The van der Waals surface area contributed by atoms with E-state index in [0.717, 1.165) is 9.75 Å². The highest BCUT2D eigenvalue weighted by molar-refractivity contribution is 7.80. The van der Waals surface area contributed by atoms with Gasteiger partial charge in [-0.05, 0) is 65.9 Å². The molecule has 7 nitrogen and oxygen atoms in total. The van der Waals surface area contributed by atoms with Gasteiger partial charge in [0.1, 0.15) is 17.2 Å². The first-order chi connectivity index (χ1) is 12.2. The van der Waals surface area contributed by atoms with Gasteiger partial charge >= 0.3 is 12.1 Å². The minimum Gasteiger partial charge on any atom is -0.458 e. The Hall–Kier alpha value is -1.87. The van der Waals surface area contributed by atoms with Gasteiger partial charge < -0.3 is 25.8 Å². The molecule has 9 heteroatoms. The number of thiophene rings is 1. The normalized spacial score (nSPS) is 12.8. The van der Waals surface area contributed by atoms with Crippen molar-refractivity contribution in [1.29, 1.82) is 0 Å². The maximum Gasteiger partial charge on any atom is 0.408 e. The Labute approximate surface area is 170 Å². The Morgan fingerprint density at radius 3 is 2.19 bits per heavy atom. The minimum atomic E-state index is -0.853. The van der Waals surface area contributed by atoms with E-state index in [1.165, 1.54) is 11.3 Å². The van der Waals surface area contributed by atoms with Crippen LogP contribution in [0.3, 0.4) is 0 Å². The molecule has 0 fully saturated rings. The van der Waals surface area contributed by atoms with Gasteiger partial charge in [-0.2, -0.15) is 0 Å². The number of nitrogens with one attached hydrogen (secondary N) is 2. The lowest BCUT2D eigenvalue weighted by atomic mass is 10.1. The Bertz CT molecular complexity index is 675. The molecule has 1 atom stereocenters. The van der Waals surface area contributed by atoms with Crippen LogP contribution in [0.1, 0.15) is 51.3 Å². The minimum absolute atomic E-state index is 0.225. The van der Waals surface area contributed by atoms with E-state index in [9.17, 15) is 9.59 Å². The van der Waals surface area contributed by atoms with Crippen LogP contribution in [0.15, 0.2) is 12.1 Å². The number of thiocarbonyl (C=S) groups is 1. The van der Waals surface area contributed by atoms with Gasteiger partial charge in [0, 0.05) is 16.2 Å². The smallest absolute Gasteiger partial charge is 0.408 e. The standard InChI is InChI=1S/C18H29N3O4S2/c1-17(2,3)24-14(22)13(21-16(23)25-18(4,5)6)9-11-7-8-12(27-11)10-20-15(19)26/h7-8,13H,9-10H2,1-6H3,(H,21,23)(H3,19,20,26). The Morgan fingerprint density at radius 1 is 1.11 bits per heavy atom. The van der Waals surface area contributed by atoms with Crippen LogP contribution in [-0.2, 0) is 27.2 Å². The van der Waals surface area contributed by atoms with Gasteiger partial charge in [-0.3, -0.25) is 0 Å². The maximum absolute atomic E-state index is 12.6. The van der Waals surface area contributed by atoms with Crippen LogP contribution in [0.25, 0.3) is 0 Å². The summed E-state index contributed by atoms with van der Waals surface area (Å²) in [6.07, 6.45) is -0.364. The molecule has 1 rings (SSSR count). The predicted octanol–water partition coefficient (Wildman–Crippen LogP) is 2.86. The number of esters is 1. The van der Waals surface area contributed by atoms with Crippen molar-refractivity contribution in [2.45, 2.75) is 71.8 Å². The highest BCUT2D eigenvalue weighted by atomic mass is 32.1. The van der Waals surface area contributed by atoms with E-state index < -0.39 is 29.3 Å². The molecule has 0 aliphatic heterocycles. The number of nitrogens with two attached hydrogens (primary N) is 1. The van der Waals surface area contributed by atoms with Crippen LogP contribution in [0.5, 0.6) is 0 Å². The number of hydrogen-bond donors (Lipinski definition) is 3. The van der Waals surface area contributed by atoms with Gasteiger partial charge in [0.15, 0.2) is 5.11 Å². The van der Waals surface area contributed by atoms with Crippen LogP contribution < -0.4 is 16.4 Å². The van der Waals surface area contributed by atoms with Gasteiger partial charge in [-0.25, -0.2) is 9.59 Å². The molecule has 1 unspecified atom stereocenters. The van der Waals surface area contributed by atoms with E-state index >= 15 is 0 Å². The number of carbonyl (C=O) groups excluding carboxylic acids is 2. The largest absolute Gasteiger partial charge is 0.458 e. The van der Waals surface area contributed by atoms with Gasteiger partial charge in [0.05, 0.1) is 6.54 Å². The summed E-state index contributed by atoms with van der Waals surface area (Å²) in [5.74, 6) is -0.510. The van der Waals surface area contributed by atoms with Crippen molar-refractivity contribution >= 4 is 40.7 Å². The van der Waals surface area contributed by atoms with Gasteiger partial charge in [0.25, 0.3) is 0 Å². The summed E-state index contributed by atoms with van der Waals surface area (Å²) in [4.78, 5) is 26.6. The zero-order chi connectivity index (χ0) is 20.8. The number of amides is 1. The Kier molecular flexibility index (Phi) is 8.04. The molecule has 0 saturated heterocycles. The van der Waals surface area contributed by atoms with Gasteiger partial charge in [-0.1, -0.05) is 0 Å². The van der Waals surface area contributed by atoms with Crippen molar-refractivity contribution in [1.82, 2.24) is 10.6 Å². The first kappa shape index (κ1) is 23.2. The second-order valence-electron chi connectivity index (χ2n) is 8.02. The van der Waals surface area contributed by atoms with Crippen molar-refractivity contribution in [3.8, 4) is 0 Å². The van der Waals surface area contributed by atoms with Crippen LogP contribution in [0.4, 0.5) is 4.79 Å².